The van der Waals surface area contributed by atoms with Crippen LogP contribution < -0.4 is 0 Å². The Kier molecular flexibility index (Phi) is 3.75. The summed E-state index contributed by atoms with van der Waals surface area (Å²) in [6, 6.07) is 18.2. The summed E-state index contributed by atoms with van der Waals surface area (Å²) in [5.41, 5.74) is 2.24. The minimum absolute atomic E-state index is 0.443. The Morgan fingerprint density at radius 1 is 0.950 bits per heavy atom. The van der Waals surface area contributed by atoms with Gasteiger partial charge >= 0.3 is 0 Å². The molecule has 1 atom stereocenters. The summed E-state index contributed by atoms with van der Waals surface area (Å²) >= 11 is 0. The van der Waals surface area contributed by atoms with Crippen molar-refractivity contribution in [2.45, 2.75) is 18.9 Å². The van der Waals surface area contributed by atoms with Gasteiger partial charge in [0.05, 0.1) is 6.10 Å². The number of pyridine rings is 1. The number of benzene rings is 2. The van der Waals surface area contributed by atoms with E-state index >= 15 is 0 Å². The first-order chi connectivity index (χ1) is 9.84. The molecule has 0 spiro atoms. The molecule has 0 amide bonds. The van der Waals surface area contributed by atoms with Crippen molar-refractivity contribution in [3.8, 4) is 0 Å². The van der Waals surface area contributed by atoms with Crippen LogP contribution in [0.3, 0.4) is 0 Å². The molecule has 0 saturated carbocycles. The number of hydrogen-bond donors (Lipinski definition) is 1. The number of rotatable bonds is 4. The van der Waals surface area contributed by atoms with Crippen molar-refractivity contribution < 1.29 is 5.11 Å². The zero-order valence-electron chi connectivity index (χ0n) is 11.2. The highest BCUT2D eigenvalue weighted by Crippen LogP contribution is 2.26. The van der Waals surface area contributed by atoms with Crippen LogP contribution >= 0.6 is 0 Å². The molecule has 100 valence electrons. The van der Waals surface area contributed by atoms with Crippen LogP contribution in [0.15, 0.2) is 67.0 Å². The third-order valence-electron chi connectivity index (χ3n) is 3.62. The lowest BCUT2D eigenvalue weighted by atomic mass is 9.97. The van der Waals surface area contributed by atoms with Gasteiger partial charge in [-0.2, -0.15) is 0 Å². The SMILES string of the molecule is OC(CCc1ccccc1)c1cccc2cnccc12. The lowest BCUT2D eigenvalue weighted by molar-refractivity contribution is 0.169. The fourth-order valence-corrected chi connectivity index (χ4v) is 2.54. The van der Waals surface area contributed by atoms with Crippen LogP contribution in [0.2, 0.25) is 0 Å². The van der Waals surface area contributed by atoms with Crippen LogP contribution in [0.5, 0.6) is 0 Å². The number of fused-ring (bicyclic) bond motifs is 1. The molecule has 2 heteroatoms. The first-order valence-electron chi connectivity index (χ1n) is 6.89. The number of hydrogen-bond acceptors (Lipinski definition) is 2. The van der Waals surface area contributed by atoms with E-state index < -0.39 is 6.10 Å². The van der Waals surface area contributed by atoms with Crippen molar-refractivity contribution in [3.63, 3.8) is 0 Å². The maximum absolute atomic E-state index is 10.5. The summed E-state index contributed by atoms with van der Waals surface area (Å²) in [5, 5.41) is 12.6. The zero-order chi connectivity index (χ0) is 13.8. The van der Waals surface area contributed by atoms with Gasteiger partial charge in [-0.1, -0.05) is 48.5 Å². The van der Waals surface area contributed by atoms with Crippen LogP contribution in [0.4, 0.5) is 0 Å². The highest BCUT2D eigenvalue weighted by molar-refractivity contribution is 5.85. The van der Waals surface area contributed by atoms with E-state index in [1.54, 1.807) is 6.20 Å². The number of aryl methyl sites for hydroxylation is 1. The molecule has 0 aliphatic rings. The van der Waals surface area contributed by atoms with Crippen LogP contribution in [0.25, 0.3) is 10.8 Å². The number of aliphatic hydroxyl groups is 1. The Hall–Kier alpha value is -2.19. The van der Waals surface area contributed by atoms with Crippen molar-refractivity contribution in [1.29, 1.82) is 0 Å². The van der Waals surface area contributed by atoms with Crippen molar-refractivity contribution in [1.82, 2.24) is 4.98 Å². The van der Waals surface area contributed by atoms with Gasteiger partial charge in [-0.15, -0.1) is 0 Å². The molecular formula is C18H17NO. The van der Waals surface area contributed by atoms with E-state index in [1.165, 1.54) is 5.56 Å². The molecule has 1 heterocycles. The van der Waals surface area contributed by atoms with Gasteiger partial charge in [0.1, 0.15) is 0 Å². The van der Waals surface area contributed by atoms with Crippen molar-refractivity contribution >= 4 is 10.8 Å². The van der Waals surface area contributed by atoms with Crippen LogP contribution in [-0.4, -0.2) is 10.1 Å². The van der Waals surface area contributed by atoms with Crippen molar-refractivity contribution in [3.05, 3.63) is 78.1 Å². The van der Waals surface area contributed by atoms with Gasteiger partial charge in [-0.05, 0) is 35.4 Å². The molecule has 0 saturated heterocycles. The third-order valence-corrected chi connectivity index (χ3v) is 3.62. The molecule has 2 aromatic carbocycles. The van der Waals surface area contributed by atoms with Gasteiger partial charge in [0.15, 0.2) is 0 Å². The van der Waals surface area contributed by atoms with E-state index in [-0.39, 0.29) is 0 Å². The van der Waals surface area contributed by atoms with Gasteiger partial charge in [-0.3, -0.25) is 4.98 Å². The fraction of sp³-hybridized carbons (Fsp3) is 0.167. The van der Waals surface area contributed by atoms with Gasteiger partial charge in [0.2, 0.25) is 0 Å². The Morgan fingerprint density at radius 3 is 2.65 bits per heavy atom. The van der Waals surface area contributed by atoms with Crippen LogP contribution in [-0.2, 0) is 6.42 Å². The van der Waals surface area contributed by atoms with Gasteiger partial charge in [0.25, 0.3) is 0 Å². The second kappa shape index (κ2) is 5.85. The molecule has 0 aliphatic heterocycles. The highest BCUT2D eigenvalue weighted by Gasteiger charge is 2.11. The molecule has 2 nitrogen and oxygen atoms in total. The Labute approximate surface area is 118 Å². The normalized spacial score (nSPS) is 12.4. The van der Waals surface area contributed by atoms with E-state index in [4.69, 9.17) is 0 Å². The van der Waals surface area contributed by atoms with E-state index in [0.717, 1.165) is 29.2 Å². The Bertz CT molecular complexity index is 689. The molecule has 0 aliphatic carbocycles. The minimum atomic E-state index is -0.443. The van der Waals surface area contributed by atoms with Crippen LogP contribution in [0, 0.1) is 0 Å². The first kappa shape index (κ1) is 12.8. The molecule has 1 unspecified atom stereocenters. The second-order valence-corrected chi connectivity index (χ2v) is 4.98. The molecule has 1 N–H and O–H groups in total. The number of aromatic nitrogens is 1. The van der Waals surface area contributed by atoms with E-state index in [9.17, 15) is 5.11 Å². The third kappa shape index (κ3) is 2.70. The molecule has 0 radical (unpaired) electrons. The standard InChI is InChI=1S/C18H17NO/c20-18(10-9-14-5-2-1-3-6-14)17-8-4-7-15-13-19-12-11-16(15)17/h1-8,11-13,18,20H,9-10H2. The summed E-state index contributed by atoms with van der Waals surface area (Å²) < 4.78 is 0. The predicted molar refractivity (Wildman–Crippen MR) is 81.5 cm³/mol. The molecule has 0 bridgehead atoms. The summed E-state index contributed by atoms with van der Waals surface area (Å²) in [6.45, 7) is 0. The van der Waals surface area contributed by atoms with E-state index in [1.807, 2.05) is 48.7 Å². The Balaban J connectivity index is 1.80. The first-order valence-corrected chi connectivity index (χ1v) is 6.89. The zero-order valence-corrected chi connectivity index (χ0v) is 11.2. The molecule has 0 fully saturated rings. The Morgan fingerprint density at radius 2 is 1.80 bits per heavy atom. The average Bonchev–Trinajstić information content (AvgIpc) is 2.53. The molecule has 1 aromatic heterocycles. The highest BCUT2D eigenvalue weighted by atomic mass is 16.3. The summed E-state index contributed by atoms with van der Waals surface area (Å²) in [7, 11) is 0. The maximum atomic E-state index is 10.5. The number of aliphatic hydroxyl groups excluding tert-OH is 1. The summed E-state index contributed by atoms with van der Waals surface area (Å²) in [5.74, 6) is 0. The fourth-order valence-electron chi connectivity index (χ4n) is 2.54. The van der Waals surface area contributed by atoms with E-state index in [0.29, 0.717) is 0 Å². The topological polar surface area (TPSA) is 33.1 Å². The van der Waals surface area contributed by atoms with Crippen LogP contribution in [0.1, 0.15) is 23.7 Å². The smallest absolute Gasteiger partial charge is 0.0799 e. The molecule has 3 rings (SSSR count). The average molecular weight is 263 g/mol. The predicted octanol–water partition coefficient (Wildman–Crippen LogP) is 3.90. The lowest BCUT2D eigenvalue weighted by Gasteiger charge is -2.13. The number of nitrogens with zero attached hydrogens (tertiary/aromatic N) is 1. The summed E-state index contributed by atoms with van der Waals surface area (Å²) in [6.07, 6.45) is 4.77. The van der Waals surface area contributed by atoms with Crippen molar-refractivity contribution in [2.75, 3.05) is 0 Å². The molecule has 20 heavy (non-hydrogen) atoms. The van der Waals surface area contributed by atoms with E-state index in [2.05, 4.69) is 17.1 Å². The summed E-state index contributed by atoms with van der Waals surface area (Å²) in [4.78, 5) is 4.13. The monoisotopic (exact) mass is 263 g/mol. The lowest BCUT2D eigenvalue weighted by Crippen LogP contribution is -2.00. The molecule has 3 aromatic rings. The van der Waals surface area contributed by atoms with Gasteiger partial charge in [0, 0.05) is 17.8 Å². The van der Waals surface area contributed by atoms with Gasteiger partial charge < -0.3 is 5.11 Å². The minimum Gasteiger partial charge on any atom is -0.388 e. The second-order valence-electron chi connectivity index (χ2n) is 4.98. The quantitative estimate of drug-likeness (QED) is 0.774. The molecular weight excluding hydrogens is 246 g/mol. The maximum Gasteiger partial charge on any atom is 0.0799 e. The van der Waals surface area contributed by atoms with Gasteiger partial charge in [-0.25, -0.2) is 0 Å². The largest absolute Gasteiger partial charge is 0.388 e. The van der Waals surface area contributed by atoms with Crippen molar-refractivity contribution in [2.24, 2.45) is 0 Å².